The average molecular weight is 469 g/mol. The molecule has 0 aromatic heterocycles. The molecule has 176 valence electrons. The van der Waals surface area contributed by atoms with Crippen LogP contribution in [0, 0.1) is 23.7 Å². The molecule has 0 saturated carbocycles. The van der Waals surface area contributed by atoms with Crippen molar-refractivity contribution in [2.75, 3.05) is 13.2 Å². The predicted octanol–water partition coefficient (Wildman–Crippen LogP) is 2.18. The van der Waals surface area contributed by atoms with Crippen LogP contribution in [0.25, 0.3) is 0 Å². The van der Waals surface area contributed by atoms with Crippen molar-refractivity contribution in [3.05, 3.63) is 12.3 Å². The van der Waals surface area contributed by atoms with Gasteiger partial charge in [-0.25, -0.2) is 4.57 Å². The molecule has 1 unspecified atom stereocenters. The fourth-order valence-electron chi connectivity index (χ4n) is 3.68. The standard InChI is InChI=1S/C21H28NO9P/c1-6-21(5)18-16(30-20(21)22-9-7-15(23)11-17(22)24)12-28-32(26,31-18)27-10-8-14(4)19(25)29-13(2)3/h1,7,9,13-14,16,18,20H,8,10-12H2,2-5H3/t14?,16-,18-,20-,21-,32-/m1/s1. The molecule has 0 bridgehead atoms. The summed E-state index contributed by atoms with van der Waals surface area (Å²) in [5.74, 6) is 1.00. The molecule has 0 aliphatic carbocycles. The minimum atomic E-state index is -3.99. The quantitative estimate of drug-likeness (QED) is 0.239. The number of hydrogen-bond donors (Lipinski definition) is 0. The Balaban J connectivity index is 1.66. The number of hydrogen-bond acceptors (Lipinski definition) is 9. The Bertz CT molecular complexity index is 894. The van der Waals surface area contributed by atoms with Gasteiger partial charge < -0.3 is 9.47 Å². The molecule has 3 heterocycles. The molecule has 0 aromatic rings. The van der Waals surface area contributed by atoms with Crippen molar-refractivity contribution >= 4 is 25.5 Å². The molecule has 0 aromatic carbocycles. The van der Waals surface area contributed by atoms with E-state index in [1.165, 1.54) is 17.2 Å². The summed E-state index contributed by atoms with van der Waals surface area (Å²) in [7, 11) is -3.99. The number of ketones is 1. The summed E-state index contributed by atoms with van der Waals surface area (Å²) in [6.07, 6.45) is 5.63. The van der Waals surface area contributed by atoms with Gasteiger partial charge >= 0.3 is 13.8 Å². The first-order valence-corrected chi connectivity index (χ1v) is 11.9. The molecular formula is C21H28NO9P. The summed E-state index contributed by atoms with van der Waals surface area (Å²) < 4.78 is 40.5. The van der Waals surface area contributed by atoms with E-state index >= 15 is 0 Å². The summed E-state index contributed by atoms with van der Waals surface area (Å²) in [6, 6.07) is 0. The third-order valence-electron chi connectivity index (χ3n) is 5.54. The number of amides is 1. The van der Waals surface area contributed by atoms with E-state index in [0.717, 1.165) is 0 Å². The smallest absolute Gasteiger partial charge is 0.463 e. The van der Waals surface area contributed by atoms with Crippen LogP contribution < -0.4 is 0 Å². The summed E-state index contributed by atoms with van der Waals surface area (Å²) in [5.41, 5.74) is -1.18. The minimum Gasteiger partial charge on any atom is -0.463 e. The second-order valence-electron chi connectivity index (χ2n) is 8.49. The van der Waals surface area contributed by atoms with Gasteiger partial charge in [-0.05, 0) is 33.3 Å². The summed E-state index contributed by atoms with van der Waals surface area (Å²) in [5, 5.41) is 0. The highest BCUT2D eigenvalue weighted by Crippen LogP contribution is 2.59. The van der Waals surface area contributed by atoms with E-state index in [4.69, 9.17) is 29.5 Å². The number of esters is 1. The maximum Gasteiger partial charge on any atom is 0.475 e. The fraction of sp³-hybridized carbons (Fsp3) is 0.667. The Kier molecular flexibility index (Phi) is 7.28. The van der Waals surface area contributed by atoms with E-state index in [0.29, 0.717) is 0 Å². The summed E-state index contributed by atoms with van der Waals surface area (Å²) in [4.78, 5) is 37.0. The van der Waals surface area contributed by atoms with Gasteiger partial charge in [-0.3, -0.25) is 32.9 Å². The highest BCUT2D eigenvalue weighted by Gasteiger charge is 2.61. The number of phosphoric acid groups is 1. The van der Waals surface area contributed by atoms with Gasteiger partial charge in [-0.1, -0.05) is 12.8 Å². The van der Waals surface area contributed by atoms with Crippen LogP contribution in [0.4, 0.5) is 0 Å². The van der Waals surface area contributed by atoms with E-state index in [1.54, 1.807) is 27.7 Å². The Morgan fingerprint density at radius 3 is 2.75 bits per heavy atom. The van der Waals surface area contributed by atoms with Crippen LogP contribution in [0.1, 0.15) is 40.5 Å². The number of ether oxygens (including phenoxy) is 2. The van der Waals surface area contributed by atoms with Crippen molar-refractivity contribution in [1.29, 1.82) is 0 Å². The zero-order valence-electron chi connectivity index (χ0n) is 18.5. The van der Waals surface area contributed by atoms with Crippen molar-refractivity contribution < 1.29 is 42.0 Å². The van der Waals surface area contributed by atoms with E-state index in [-0.39, 0.29) is 43.9 Å². The zero-order chi connectivity index (χ0) is 23.7. The van der Waals surface area contributed by atoms with Gasteiger partial charge in [-0.2, -0.15) is 0 Å². The number of fused-ring (bicyclic) bond motifs is 1. The number of rotatable bonds is 7. The molecule has 2 saturated heterocycles. The lowest BCUT2D eigenvalue weighted by molar-refractivity contribution is -0.152. The molecule has 32 heavy (non-hydrogen) atoms. The van der Waals surface area contributed by atoms with Crippen molar-refractivity contribution in [3.8, 4) is 12.3 Å². The number of phosphoric ester groups is 1. The third-order valence-corrected chi connectivity index (χ3v) is 6.99. The van der Waals surface area contributed by atoms with E-state index < -0.39 is 43.5 Å². The molecule has 3 aliphatic heterocycles. The monoisotopic (exact) mass is 469 g/mol. The Hall–Kier alpha value is -2.02. The number of carbonyl (C=O) groups is 3. The number of allylic oxidation sites excluding steroid dienone is 1. The maximum absolute atomic E-state index is 13.1. The Labute approximate surface area is 187 Å². The Morgan fingerprint density at radius 1 is 1.41 bits per heavy atom. The topological polar surface area (TPSA) is 118 Å². The highest BCUT2D eigenvalue weighted by molar-refractivity contribution is 7.48. The predicted molar refractivity (Wildman–Crippen MR) is 111 cm³/mol. The number of nitrogens with zero attached hydrogens (tertiary/aromatic N) is 1. The van der Waals surface area contributed by atoms with Crippen LogP contribution in [0.2, 0.25) is 0 Å². The van der Waals surface area contributed by atoms with E-state index in [1.807, 2.05) is 0 Å². The number of carbonyl (C=O) groups excluding carboxylic acids is 3. The first-order chi connectivity index (χ1) is 15.0. The zero-order valence-corrected chi connectivity index (χ0v) is 19.4. The molecule has 6 atom stereocenters. The second kappa shape index (κ2) is 9.46. The first kappa shape index (κ1) is 24.6. The molecule has 0 spiro atoms. The Morgan fingerprint density at radius 2 is 2.12 bits per heavy atom. The van der Waals surface area contributed by atoms with E-state index in [9.17, 15) is 18.9 Å². The van der Waals surface area contributed by atoms with Crippen LogP contribution in [-0.4, -0.2) is 60.3 Å². The molecule has 3 rings (SSSR count). The van der Waals surface area contributed by atoms with Crippen LogP contribution in [0.5, 0.6) is 0 Å². The molecule has 3 aliphatic rings. The van der Waals surface area contributed by atoms with Gasteiger partial charge in [-0.15, -0.1) is 6.42 Å². The van der Waals surface area contributed by atoms with E-state index in [2.05, 4.69) is 5.92 Å². The molecule has 0 N–H and O–H groups in total. The summed E-state index contributed by atoms with van der Waals surface area (Å²) >= 11 is 0. The first-order valence-electron chi connectivity index (χ1n) is 10.4. The molecule has 11 heteroatoms. The molecule has 10 nitrogen and oxygen atoms in total. The van der Waals surface area contributed by atoms with Gasteiger partial charge in [0.05, 0.1) is 31.7 Å². The molecule has 2 fully saturated rings. The molecule has 1 amide bonds. The minimum absolute atomic E-state index is 0.0600. The van der Waals surface area contributed by atoms with Crippen molar-refractivity contribution in [1.82, 2.24) is 4.90 Å². The SMILES string of the molecule is C#C[C@]1(C)[C@@H]2O[P@](=O)(OCCC(C)C(=O)OC(C)C)OC[C@H]2O[C@H]1N1C=CC(=O)CC1=O. The average Bonchev–Trinajstić information content (AvgIpc) is 2.99. The van der Waals surface area contributed by atoms with Gasteiger partial charge in [0.15, 0.2) is 12.0 Å². The van der Waals surface area contributed by atoms with Gasteiger partial charge in [0.2, 0.25) is 5.91 Å². The van der Waals surface area contributed by atoms with Crippen molar-refractivity contribution in [2.45, 2.75) is 65.1 Å². The van der Waals surface area contributed by atoms with Crippen molar-refractivity contribution in [2.24, 2.45) is 11.3 Å². The largest absolute Gasteiger partial charge is 0.475 e. The fourth-order valence-corrected chi connectivity index (χ4v) is 5.17. The second-order valence-corrected chi connectivity index (χ2v) is 10.1. The van der Waals surface area contributed by atoms with Crippen LogP contribution in [0.3, 0.4) is 0 Å². The highest BCUT2D eigenvalue weighted by atomic mass is 31.2. The maximum atomic E-state index is 13.1. The van der Waals surface area contributed by atoms with Crippen LogP contribution >= 0.6 is 7.82 Å². The molecule has 0 radical (unpaired) electrons. The van der Waals surface area contributed by atoms with Gasteiger partial charge in [0.1, 0.15) is 17.6 Å². The lowest BCUT2D eigenvalue weighted by atomic mass is 9.82. The third kappa shape index (κ3) is 4.98. The van der Waals surface area contributed by atoms with Crippen molar-refractivity contribution in [3.63, 3.8) is 0 Å². The summed E-state index contributed by atoms with van der Waals surface area (Å²) in [6.45, 7) is 6.66. The van der Waals surface area contributed by atoms with Gasteiger partial charge in [0, 0.05) is 6.20 Å². The van der Waals surface area contributed by atoms with Crippen LogP contribution in [0.15, 0.2) is 12.3 Å². The van der Waals surface area contributed by atoms with Gasteiger partial charge in [0.25, 0.3) is 0 Å². The van der Waals surface area contributed by atoms with Crippen LogP contribution in [-0.2, 0) is 42.0 Å². The molecular weight excluding hydrogens is 441 g/mol. The number of terminal acetylenes is 1. The normalized spacial score (nSPS) is 35.5. The lowest BCUT2D eigenvalue weighted by Gasteiger charge is -2.37. The lowest BCUT2D eigenvalue weighted by Crippen LogP contribution is -2.49.